The van der Waals surface area contributed by atoms with Gasteiger partial charge >= 0.3 is 11.8 Å². The van der Waals surface area contributed by atoms with E-state index in [0.29, 0.717) is 18.0 Å². The molecule has 0 saturated heterocycles. The largest absolute Gasteiger partial charge is 0.495 e. The number of anilines is 1. The predicted molar refractivity (Wildman–Crippen MR) is 117 cm³/mol. The van der Waals surface area contributed by atoms with Crippen LogP contribution in [-0.4, -0.2) is 37.9 Å². The van der Waals surface area contributed by atoms with Gasteiger partial charge in [-0.05, 0) is 48.9 Å². The molecule has 1 aromatic heterocycles. The van der Waals surface area contributed by atoms with E-state index in [4.69, 9.17) is 4.74 Å². The molecule has 3 amide bonds. The summed E-state index contributed by atoms with van der Waals surface area (Å²) in [5.74, 6) is -1.58. The lowest BCUT2D eigenvalue weighted by atomic mass is 9.84. The maximum atomic E-state index is 12.3. The van der Waals surface area contributed by atoms with Crippen molar-refractivity contribution in [3.8, 4) is 5.75 Å². The molecule has 1 fully saturated rings. The van der Waals surface area contributed by atoms with Crippen molar-refractivity contribution < 1.29 is 19.1 Å². The number of methoxy groups -OCH3 is 1. The smallest absolute Gasteiger partial charge is 0.313 e. The fourth-order valence-corrected chi connectivity index (χ4v) is 4.80. The fourth-order valence-electron chi connectivity index (χ4n) is 3.81. The average molecular weight is 430 g/mol. The topological polar surface area (TPSA) is 96.5 Å². The molecule has 0 unspecified atom stereocenters. The van der Waals surface area contributed by atoms with Crippen LogP contribution >= 0.6 is 11.3 Å². The molecule has 1 aromatic carbocycles. The molecular weight excluding hydrogens is 402 g/mol. The van der Waals surface area contributed by atoms with E-state index in [1.165, 1.54) is 12.0 Å². The van der Waals surface area contributed by atoms with E-state index in [1.807, 2.05) is 19.1 Å². The molecule has 1 aliphatic carbocycles. The second-order valence-corrected chi connectivity index (χ2v) is 8.53. The number of ether oxygens (including phenoxy) is 1. The quantitative estimate of drug-likeness (QED) is 0.590. The molecule has 1 saturated carbocycles. The van der Waals surface area contributed by atoms with Crippen LogP contribution < -0.4 is 20.7 Å². The summed E-state index contributed by atoms with van der Waals surface area (Å²) < 4.78 is 5.19. The fraction of sp³-hybridized carbons (Fsp3) is 0.409. The van der Waals surface area contributed by atoms with Gasteiger partial charge in [0.05, 0.1) is 19.3 Å². The summed E-state index contributed by atoms with van der Waals surface area (Å²) in [6.45, 7) is 2.15. The first kappa shape index (κ1) is 21.8. The number of hydrogen-bond donors (Lipinski definition) is 3. The summed E-state index contributed by atoms with van der Waals surface area (Å²) in [4.78, 5) is 37.8. The zero-order valence-electron chi connectivity index (χ0n) is 17.2. The highest BCUT2D eigenvalue weighted by molar-refractivity contribution is 7.10. The molecule has 0 aliphatic heterocycles. The Labute approximate surface area is 180 Å². The van der Waals surface area contributed by atoms with Crippen LogP contribution in [-0.2, 0) is 19.8 Å². The highest BCUT2D eigenvalue weighted by atomic mass is 32.1. The van der Waals surface area contributed by atoms with Gasteiger partial charge in [0.1, 0.15) is 5.75 Å². The van der Waals surface area contributed by atoms with Crippen molar-refractivity contribution in [3.63, 3.8) is 0 Å². The second kappa shape index (κ2) is 9.75. The standard InChI is InChI=1S/C22H27N3O4S/c1-15-7-8-17(29-2)16(12-15)25-21(28)20(27)23-13-19(26)24-14-22(9-3-4-10-22)18-6-5-11-30-18/h5-8,11-12H,3-4,9-10,13-14H2,1-2H3,(H,23,27)(H,24,26)(H,25,28). The highest BCUT2D eigenvalue weighted by Gasteiger charge is 2.36. The molecule has 8 heteroatoms. The monoisotopic (exact) mass is 429 g/mol. The lowest BCUT2D eigenvalue weighted by Gasteiger charge is -2.28. The van der Waals surface area contributed by atoms with Gasteiger partial charge in [-0.25, -0.2) is 0 Å². The van der Waals surface area contributed by atoms with E-state index >= 15 is 0 Å². The first-order valence-corrected chi connectivity index (χ1v) is 10.9. The molecule has 1 aliphatic rings. The summed E-state index contributed by atoms with van der Waals surface area (Å²) in [7, 11) is 1.48. The number of rotatable bonds is 7. The Hall–Kier alpha value is -2.87. The van der Waals surface area contributed by atoms with Crippen LogP contribution in [0.5, 0.6) is 5.75 Å². The average Bonchev–Trinajstić information content (AvgIpc) is 3.43. The van der Waals surface area contributed by atoms with E-state index in [2.05, 4.69) is 27.4 Å². The Morgan fingerprint density at radius 1 is 1.10 bits per heavy atom. The SMILES string of the molecule is COc1ccc(C)cc1NC(=O)C(=O)NCC(=O)NCC1(c2cccs2)CCCC1. The van der Waals surface area contributed by atoms with Crippen molar-refractivity contribution in [2.75, 3.05) is 25.5 Å². The normalized spacial score (nSPS) is 14.7. The summed E-state index contributed by atoms with van der Waals surface area (Å²) in [5.41, 5.74) is 1.30. The highest BCUT2D eigenvalue weighted by Crippen LogP contribution is 2.42. The first-order valence-electron chi connectivity index (χ1n) is 9.98. The number of hydrogen-bond acceptors (Lipinski definition) is 5. The summed E-state index contributed by atoms with van der Waals surface area (Å²) in [6, 6.07) is 9.41. The number of nitrogens with one attached hydrogen (secondary N) is 3. The number of benzene rings is 1. The predicted octanol–water partition coefficient (Wildman–Crippen LogP) is 2.75. The molecule has 0 spiro atoms. The lowest BCUT2D eigenvalue weighted by molar-refractivity contribution is -0.136. The van der Waals surface area contributed by atoms with Gasteiger partial charge in [0.2, 0.25) is 5.91 Å². The van der Waals surface area contributed by atoms with Crippen molar-refractivity contribution in [1.82, 2.24) is 10.6 Å². The van der Waals surface area contributed by atoms with Crippen molar-refractivity contribution in [2.24, 2.45) is 0 Å². The van der Waals surface area contributed by atoms with Gasteiger partial charge in [-0.2, -0.15) is 0 Å². The minimum atomic E-state index is -0.873. The molecule has 2 aromatic rings. The van der Waals surface area contributed by atoms with Crippen LogP contribution in [0.2, 0.25) is 0 Å². The molecule has 0 atom stereocenters. The summed E-state index contributed by atoms with van der Waals surface area (Å²) in [5, 5.41) is 9.88. The number of aryl methyl sites for hydroxylation is 1. The Morgan fingerprint density at radius 2 is 1.87 bits per heavy atom. The van der Waals surface area contributed by atoms with Crippen LogP contribution in [0, 0.1) is 6.92 Å². The third kappa shape index (κ3) is 5.18. The number of carbonyl (C=O) groups excluding carboxylic acids is 3. The Bertz CT molecular complexity index is 905. The van der Waals surface area contributed by atoms with Gasteiger partial charge in [0.15, 0.2) is 0 Å². The number of thiophene rings is 1. The van der Waals surface area contributed by atoms with Crippen LogP contribution in [0.1, 0.15) is 36.1 Å². The molecule has 3 N–H and O–H groups in total. The molecule has 3 rings (SSSR count). The summed E-state index contributed by atoms with van der Waals surface area (Å²) >= 11 is 1.71. The molecule has 0 radical (unpaired) electrons. The first-order chi connectivity index (χ1) is 14.4. The van der Waals surface area contributed by atoms with Crippen molar-refractivity contribution in [3.05, 3.63) is 46.2 Å². The second-order valence-electron chi connectivity index (χ2n) is 7.58. The van der Waals surface area contributed by atoms with Gasteiger partial charge < -0.3 is 20.7 Å². The van der Waals surface area contributed by atoms with E-state index in [0.717, 1.165) is 31.2 Å². The Kier molecular flexibility index (Phi) is 7.10. The molecule has 1 heterocycles. The molecular formula is C22H27N3O4S. The Morgan fingerprint density at radius 3 is 2.53 bits per heavy atom. The minimum Gasteiger partial charge on any atom is -0.495 e. The zero-order chi connectivity index (χ0) is 21.6. The maximum absolute atomic E-state index is 12.3. The number of amides is 3. The maximum Gasteiger partial charge on any atom is 0.313 e. The number of carbonyl (C=O) groups is 3. The lowest BCUT2D eigenvalue weighted by Crippen LogP contribution is -2.45. The van der Waals surface area contributed by atoms with E-state index in [1.54, 1.807) is 23.5 Å². The zero-order valence-corrected chi connectivity index (χ0v) is 18.1. The third-order valence-corrected chi connectivity index (χ3v) is 6.56. The summed E-state index contributed by atoms with van der Waals surface area (Å²) in [6.07, 6.45) is 4.38. The minimum absolute atomic E-state index is 0.0209. The van der Waals surface area contributed by atoms with Gasteiger partial charge in [-0.1, -0.05) is 25.0 Å². The van der Waals surface area contributed by atoms with E-state index < -0.39 is 11.8 Å². The van der Waals surface area contributed by atoms with Crippen LogP contribution in [0.3, 0.4) is 0 Å². The molecule has 0 bridgehead atoms. The van der Waals surface area contributed by atoms with Crippen LogP contribution in [0.15, 0.2) is 35.7 Å². The van der Waals surface area contributed by atoms with Crippen molar-refractivity contribution >= 4 is 34.7 Å². The van der Waals surface area contributed by atoms with Crippen molar-refractivity contribution in [1.29, 1.82) is 0 Å². The van der Waals surface area contributed by atoms with Crippen molar-refractivity contribution in [2.45, 2.75) is 38.0 Å². The van der Waals surface area contributed by atoms with E-state index in [9.17, 15) is 14.4 Å². The molecule has 160 valence electrons. The van der Waals surface area contributed by atoms with Crippen LogP contribution in [0.4, 0.5) is 5.69 Å². The van der Waals surface area contributed by atoms with Gasteiger partial charge in [-0.3, -0.25) is 14.4 Å². The van der Waals surface area contributed by atoms with Gasteiger partial charge in [0.25, 0.3) is 0 Å². The Balaban J connectivity index is 1.49. The van der Waals surface area contributed by atoms with Gasteiger partial charge in [-0.15, -0.1) is 11.3 Å². The van der Waals surface area contributed by atoms with E-state index in [-0.39, 0.29) is 17.9 Å². The van der Waals surface area contributed by atoms with Crippen LogP contribution in [0.25, 0.3) is 0 Å². The van der Waals surface area contributed by atoms with Gasteiger partial charge in [0, 0.05) is 16.8 Å². The third-order valence-electron chi connectivity index (χ3n) is 5.45. The molecule has 30 heavy (non-hydrogen) atoms. The molecule has 7 nitrogen and oxygen atoms in total.